The van der Waals surface area contributed by atoms with Gasteiger partial charge in [-0.3, -0.25) is 4.98 Å². The van der Waals surface area contributed by atoms with Gasteiger partial charge in [-0.2, -0.15) is 0 Å². The number of nitrogens with two attached hydrogens (primary N) is 1. The first-order valence-electron chi connectivity index (χ1n) is 6.29. The van der Waals surface area contributed by atoms with Crippen LogP contribution in [0.25, 0.3) is 10.9 Å². The highest BCUT2D eigenvalue weighted by atomic mass is 16.6. The summed E-state index contributed by atoms with van der Waals surface area (Å²) in [6.45, 7) is 1.59. The van der Waals surface area contributed by atoms with Crippen LogP contribution in [0.15, 0.2) is 18.2 Å². The molecule has 2 heterocycles. The molecule has 1 aromatic carbocycles. The van der Waals surface area contributed by atoms with Crippen molar-refractivity contribution in [2.45, 2.75) is 6.54 Å². The number of hydrogen-bond acceptors (Lipinski definition) is 5. The van der Waals surface area contributed by atoms with E-state index in [9.17, 15) is 0 Å². The zero-order valence-electron chi connectivity index (χ0n) is 11.1. The molecule has 0 spiro atoms. The molecule has 0 radical (unpaired) electrons. The lowest BCUT2D eigenvalue weighted by molar-refractivity contribution is 0.172. The van der Waals surface area contributed by atoms with Crippen molar-refractivity contribution < 1.29 is 9.47 Å². The molecular weight excluding hydrogens is 242 g/mol. The summed E-state index contributed by atoms with van der Waals surface area (Å²) in [6, 6.07) is 5.93. The van der Waals surface area contributed by atoms with E-state index in [4.69, 9.17) is 15.2 Å². The van der Waals surface area contributed by atoms with Gasteiger partial charge < -0.3 is 20.1 Å². The minimum absolute atomic E-state index is 0.422. The Bertz CT molecular complexity index is 626. The van der Waals surface area contributed by atoms with Gasteiger partial charge in [0.25, 0.3) is 0 Å². The fraction of sp³-hybridized carbons (Fsp3) is 0.357. The normalized spacial score (nSPS) is 13.6. The maximum atomic E-state index is 5.71. The number of anilines is 1. The van der Waals surface area contributed by atoms with Crippen LogP contribution in [0, 0.1) is 0 Å². The predicted octanol–water partition coefficient (Wildman–Crippen LogP) is 1.53. The molecule has 1 aliphatic heterocycles. The second-order valence-electron chi connectivity index (χ2n) is 4.74. The zero-order chi connectivity index (χ0) is 13.4. The van der Waals surface area contributed by atoms with E-state index in [0.29, 0.717) is 19.8 Å². The van der Waals surface area contributed by atoms with Crippen LogP contribution in [-0.4, -0.2) is 32.3 Å². The molecule has 100 valence electrons. The third-order valence-electron chi connectivity index (χ3n) is 3.19. The van der Waals surface area contributed by atoms with E-state index in [0.717, 1.165) is 33.8 Å². The van der Waals surface area contributed by atoms with Crippen molar-refractivity contribution in [3.63, 3.8) is 0 Å². The average Bonchev–Trinajstić information content (AvgIpc) is 2.43. The van der Waals surface area contributed by atoms with E-state index in [1.165, 1.54) is 0 Å². The van der Waals surface area contributed by atoms with E-state index in [1.54, 1.807) is 0 Å². The number of fused-ring (bicyclic) bond motifs is 2. The fourth-order valence-electron chi connectivity index (χ4n) is 2.27. The number of hydrogen-bond donors (Lipinski definition) is 1. The van der Waals surface area contributed by atoms with Crippen LogP contribution in [0.1, 0.15) is 5.69 Å². The number of aromatic nitrogens is 1. The highest BCUT2D eigenvalue weighted by molar-refractivity contribution is 5.94. The van der Waals surface area contributed by atoms with Gasteiger partial charge in [-0.25, -0.2) is 0 Å². The molecule has 0 fully saturated rings. The van der Waals surface area contributed by atoms with Gasteiger partial charge in [0, 0.05) is 37.8 Å². The van der Waals surface area contributed by atoms with Crippen molar-refractivity contribution in [3.05, 3.63) is 23.9 Å². The van der Waals surface area contributed by atoms with E-state index >= 15 is 0 Å². The summed E-state index contributed by atoms with van der Waals surface area (Å²) in [6.07, 6.45) is 0. The van der Waals surface area contributed by atoms with Gasteiger partial charge in [0.1, 0.15) is 13.2 Å². The number of nitrogens with zero attached hydrogens (tertiary/aromatic N) is 2. The Hall–Kier alpha value is -2.01. The smallest absolute Gasteiger partial charge is 0.163 e. The van der Waals surface area contributed by atoms with Gasteiger partial charge in [-0.05, 0) is 12.1 Å². The molecule has 0 saturated heterocycles. The highest BCUT2D eigenvalue weighted by Crippen LogP contribution is 2.37. The first kappa shape index (κ1) is 12.0. The molecule has 1 aromatic heterocycles. The second kappa shape index (κ2) is 4.59. The second-order valence-corrected chi connectivity index (χ2v) is 4.74. The first-order chi connectivity index (χ1) is 9.19. The Morgan fingerprint density at radius 3 is 2.47 bits per heavy atom. The van der Waals surface area contributed by atoms with E-state index in [2.05, 4.69) is 9.88 Å². The van der Waals surface area contributed by atoms with Gasteiger partial charge >= 0.3 is 0 Å². The van der Waals surface area contributed by atoms with Gasteiger partial charge in [0.15, 0.2) is 11.5 Å². The van der Waals surface area contributed by atoms with Crippen LogP contribution in [0.3, 0.4) is 0 Å². The van der Waals surface area contributed by atoms with Crippen LogP contribution in [0.4, 0.5) is 5.69 Å². The highest BCUT2D eigenvalue weighted by Gasteiger charge is 2.16. The molecule has 5 heteroatoms. The van der Waals surface area contributed by atoms with E-state index in [1.807, 2.05) is 32.3 Å². The number of rotatable bonds is 2. The standard InChI is InChI=1S/C14H17N3O2/c1-17(2)12-5-9(8-15)16-11-7-14-13(6-10(11)12)18-3-4-19-14/h5-7H,3-4,8,15H2,1-2H3. The lowest BCUT2D eigenvalue weighted by Crippen LogP contribution is -2.16. The van der Waals surface area contributed by atoms with Gasteiger partial charge in [-0.15, -0.1) is 0 Å². The number of pyridine rings is 1. The molecule has 1 aliphatic rings. The molecule has 0 unspecified atom stereocenters. The van der Waals surface area contributed by atoms with Crippen LogP contribution in [0.2, 0.25) is 0 Å². The van der Waals surface area contributed by atoms with Gasteiger partial charge in [0.2, 0.25) is 0 Å². The Balaban J connectivity index is 2.27. The minimum atomic E-state index is 0.422. The summed E-state index contributed by atoms with van der Waals surface area (Å²) >= 11 is 0. The molecule has 19 heavy (non-hydrogen) atoms. The number of ether oxygens (including phenoxy) is 2. The third-order valence-corrected chi connectivity index (χ3v) is 3.19. The molecule has 0 aliphatic carbocycles. The molecular formula is C14H17N3O2. The SMILES string of the molecule is CN(C)c1cc(CN)nc2cc3c(cc12)OCCO3. The van der Waals surface area contributed by atoms with Gasteiger partial charge in [0.05, 0.1) is 11.2 Å². The molecule has 0 amide bonds. The van der Waals surface area contributed by atoms with Crippen molar-refractivity contribution in [1.82, 2.24) is 4.98 Å². The summed E-state index contributed by atoms with van der Waals surface area (Å²) in [5, 5.41) is 1.05. The maximum absolute atomic E-state index is 5.71. The van der Waals surface area contributed by atoms with E-state index < -0.39 is 0 Å². The summed E-state index contributed by atoms with van der Waals surface area (Å²) in [4.78, 5) is 6.61. The van der Waals surface area contributed by atoms with Crippen molar-refractivity contribution in [2.24, 2.45) is 5.73 Å². The fourth-order valence-corrected chi connectivity index (χ4v) is 2.27. The summed E-state index contributed by atoms with van der Waals surface area (Å²) in [5.74, 6) is 1.54. The summed E-state index contributed by atoms with van der Waals surface area (Å²) < 4.78 is 11.2. The van der Waals surface area contributed by atoms with Crippen molar-refractivity contribution in [1.29, 1.82) is 0 Å². The van der Waals surface area contributed by atoms with Crippen LogP contribution >= 0.6 is 0 Å². The van der Waals surface area contributed by atoms with Crippen molar-refractivity contribution in [3.8, 4) is 11.5 Å². The predicted molar refractivity (Wildman–Crippen MR) is 75.0 cm³/mol. The molecule has 0 bridgehead atoms. The Labute approximate surface area is 111 Å². The Morgan fingerprint density at radius 1 is 1.16 bits per heavy atom. The van der Waals surface area contributed by atoms with E-state index in [-0.39, 0.29) is 0 Å². The zero-order valence-corrected chi connectivity index (χ0v) is 11.1. The average molecular weight is 259 g/mol. The summed E-state index contributed by atoms with van der Waals surface area (Å²) in [7, 11) is 4.01. The monoisotopic (exact) mass is 259 g/mol. The lowest BCUT2D eigenvalue weighted by Gasteiger charge is -2.21. The largest absolute Gasteiger partial charge is 0.486 e. The van der Waals surface area contributed by atoms with Gasteiger partial charge in [-0.1, -0.05) is 0 Å². The molecule has 2 N–H and O–H groups in total. The minimum Gasteiger partial charge on any atom is -0.486 e. The van der Waals surface area contributed by atoms with Crippen LogP contribution in [-0.2, 0) is 6.54 Å². The van der Waals surface area contributed by atoms with Crippen molar-refractivity contribution in [2.75, 3.05) is 32.2 Å². The Kier molecular flexibility index (Phi) is 2.91. The lowest BCUT2D eigenvalue weighted by atomic mass is 10.1. The topological polar surface area (TPSA) is 60.6 Å². The summed E-state index contributed by atoms with van der Waals surface area (Å²) in [5.41, 5.74) is 8.55. The maximum Gasteiger partial charge on any atom is 0.163 e. The molecule has 3 rings (SSSR count). The third kappa shape index (κ3) is 2.06. The quantitative estimate of drug-likeness (QED) is 0.886. The molecule has 5 nitrogen and oxygen atoms in total. The molecule has 0 saturated carbocycles. The molecule has 0 atom stereocenters. The van der Waals surface area contributed by atoms with Crippen LogP contribution < -0.4 is 20.1 Å². The number of benzene rings is 1. The van der Waals surface area contributed by atoms with Crippen molar-refractivity contribution >= 4 is 16.6 Å². The van der Waals surface area contributed by atoms with Crippen LogP contribution in [0.5, 0.6) is 11.5 Å². The molecule has 2 aromatic rings. The Morgan fingerprint density at radius 2 is 1.84 bits per heavy atom. The first-order valence-corrected chi connectivity index (χ1v) is 6.29.